The molecule has 0 aliphatic rings. The van der Waals surface area contributed by atoms with Gasteiger partial charge >= 0.3 is 0 Å². The number of halogens is 2. The van der Waals surface area contributed by atoms with Crippen LogP contribution in [0, 0.1) is 0 Å². The fourth-order valence-corrected chi connectivity index (χ4v) is 2.84. The molecule has 1 unspecified atom stereocenters. The number of guanidine groups is 1. The van der Waals surface area contributed by atoms with Crippen LogP contribution in [0.4, 0.5) is 0 Å². The van der Waals surface area contributed by atoms with Crippen LogP contribution in [0.25, 0.3) is 0 Å². The first-order chi connectivity index (χ1) is 13.0. The lowest BCUT2D eigenvalue weighted by Crippen LogP contribution is -2.39. The molecule has 0 aromatic heterocycles. The minimum atomic E-state index is 0. The van der Waals surface area contributed by atoms with Crippen LogP contribution in [0.3, 0.4) is 0 Å². The Kier molecular flexibility index (Phi) is 15.6. The first-order valence-electron chi connectivity index (χ1n) is 9.61. The predicted molar refractivity (Wildman–Crippen MR) is 130 cm³/mol. The lowest BCUT2D eigenvalue weighted by Gasteiger charge is -2.19. The number of ether oxygens (including phenoxy) is 2. The Morgan fingerprint density at radius 1 is 1.25 bits per heavy atom. The van der Waals surface area contributed by atoms with E-state index in [0.717, 1.165) is 54.8 Å². The molecule has 0 radical (unpaired) electrons. The molecule has 0 saturated carbocycles. The van der Waals surface area contributed by atoms with Crippen molar-refractivity contribution < 1.29 is 9.47 Å². The highest BCUT2D eigenvalue weighted by Crippen LogP contribution is 2.22. The average Bonchev–Trinajstić information content (AvgIpc) is 2.64. The van der Waals surface area contributed by atoms with E-state index in [0.29, 0.717) is 13.2 Å². The molecule has 2 N–H and O–H groups in total. The van der Waals surface area contributed by atoms with Crippen LogP contribution in [-0.2, 0) is 11.2 Å². The Bertz CT molecular complexity index is 573. The van der Waals surface area contributed by atoms with E-state index in [9.17, 15) is 0 Å². The Morgan fingerprint density at radius 2 is 2.00 bits per heavy atom. The van der Waals surface area contributed by atoms with Crippen molar-refractivity contribution in [1.82, 2.24) is 15.5 Å². The molecule has 0 heterocycles. The highest BCUT2D eigenvalue weighted by molar-refractivity contribution is 14.0. The molecule has 1 rings (SSSR count). The van der Waals surface area contributed by atoms with Gasteiger partial charge in [-0.3, -0.25) is 4.99 Å². The smallest absolute Gasteiger partial charge is 0.191 e. The molecule has 6 nitrogen and oxygen atoms in total. The maximum atomic E-state index is 6.31. The van der Waals surface area contributed by atoms with Crippen molar-refractivity contribution in [3.05, 3.63) is 28.8 Å². The third-order valence-corrected chi connectivity index (χ3v) is 4.40. The minimum Gasteiger partial charge on any atom is -0.497 e. The first kappa shape index (κ1) is 27.2. The van der Waals surface area contributed by atoms with Gasteiger partial charge in [0.2, 0.25) is 0 Å². The quantitative estimate of drug-likeness (QED) is 0.248. The Morgan fingerprint density at radius 3 is 2.57 bits per heavy atom. The van der Waals surface area contributed by atoms with Crippen molar-refractivity contribution in [2.24, 2.45) is 4.99 Å². The molecular weight excluding hydrogens is 491 g/mol. The minimum absolute atomic E-state index is 0. The maximum Gasteiger partial charge on any atom is 0.191 e. The molecule has 0 spiro atoms. The number of nitrogens with zero attached hydrogens (tertiary/aromatic N) is 2. The van der Waals surface area contributed by atoms with Gasteiger partial charge in [0.15, 0.2) is 5.96 Å². The maximum absolute atomic E-state index is 6.31. The SMILES string of the molecule is CCNC(=NCC(CCN(C)C)OCC)NCCc1ccc(OC)cc1Cl.I. The third kappa shape index (κ3) is 11.3. The summed E-state index contributed by atoms with van der Waals surface area (Å²) in [7, 11) is 5.78. The van der Waals surface area contributed by atoms with E-state index in [4.69, 9.17) is 21.1 Å². The van der Waals surface area contributed by atoms with Crippen molar-refractivity contribution >= 4 is 41.5 Å². The highest BCUT2D eigenvalue weighted by atomic mass is 127. The molecule has 0 amide bonds. The summed E-state index contributed by atoms with van der Waals surface area (Å²) in [6, 6.07) is 5.77. The fraction of sp³-hybridized carbons (Fsp3) is 0.650. The number of hydrogen-bond donors (Lipinski definition) is 2. The zero-order chi connectivity index (χ0) is 20.1. The van der Waals surface area contributed by atoms with E-state index < -0.39 is 0 Å². The Labute approximate surface area is 192 Å². The highest BCUT2D eigenvalue weighted by Gasteiger charge is 2.09. The molecule has 162 valence electrons. The van der Waals surface area contributed by atoms with Gasteiger partial charge in [0, 0.05) is 31.3 Å². The summed E-state index contributed by atoms with van der Waals surface area (Å²) in [4.78, 5) is 6.85. The fourth-order valence-electron chi connectivity index (χ4n) is 2.57. The van der Waals surface area contributed by atoms with Crippen LogP contribution in [-0.4, -0.2) is 71.0 Å². The van der Waals surface area contributed by atoms with E-state index in [1.54, 1.807) is 7.11 Å². The number of nitrogens with one attached hydrogen (secondary N) is 2. The van der Waals surface area contributed by atoms with Gasteiger partial charge in [-0.2, -0.15) is 0 Å². The summed E-state index contributed by atoms with van der Waals surface area (Å²) in [6.07, 6.45) is 1.90. The summed E-state index contributed by atoms with van der Waals surface area (Å²) in [5, 5.41) is 7.37. The number of aliphatic imine (C=N–C) groups is 1. The van der Waals surface area contributed by atoms with E-state index >= 15 is 0 Å². The van der Waals surface area contributed by atoms with Crippen LogP contribution in [0.15, 0.2) is 23.2 Å². The number of hydrogen-bond acceptors (Lipinski definition) is 4. The topological polar surface area (TPSA) is 58.1 Å². The monoisotopic (exact) mass is 526 g/mol. The van der Waals surface area contributed by atoms with Crippen LogP contribution in [0.1, 0.15) is 25.8 Å². The Balaban J connectivity index is 0.00000729. The second kappa shape index (κ2) is 16.1. The van der Waals surface area contributed by atoms with Crippen LogP contribution < -0.4 is 15.4 Å². The predicted octanol–water partition coefficient (Wildman–Crippen LogP) is 3.42. The van der Waals surface area contributed by atoms with Crippen molar-refractivity contribution in [1.29, 1.82) is 0 Å². The lowest BCUT2D eigenvalue weighted by molar-refractivity contribution is 0.0582. The number of benzene rings is 1. The summed E-state index contributed by atoms with van der Waals surface area (Å²) >= 11 is 6.31. The summed E-state index contributed by atoms with van der Waals surface area (Å²) < 4.78 is 11.0. The van der Waals surface area contributed by atoms with Crippen molar-refractivity contribution in [2.45, 2.75) is 32.8 Å². The third-order valence-electron chi connectivity index (χ3n) is 4.04. The van der Waals surface area contributed by atoms with Gasteiger partial charge < -0.3 is 25.0 Å². The summed E-state index contributed by atoms with van der Waals surface area (Å²) in [6.45, 7) is 7.97. The van der Waals surface area contributed by atoms with Gasteiger partial charge in [0.1, 0.15) is 5.75 Å². The normalized spacial score (nSPS) is 12.5. The molecule has 1 atom stereocenters. The second-order valence-electron chi connectivity index (χ2n) is 6.52. The van der Waals surface area contributed by atoms with Gasteiger partial charge in [-0.25, -0.2) is 0 Å². The largest absolute Gasteiger partial charge is 0.497 e. The molecular formula is C20H36ClIN4O2. The Hall–Kier alpha value is -0.770. The second-order valence-corrected chi connectivity index (χ2v) is 6.93. The molecule has 28 heavy (non-hydrogen) atoms. The van der Waals surface area contributed by atoms with Crippen molar-refractivity contribution in [2.75, 3.05) is 54.0 Å². The average molecular weight is 527 g/mol. The molecule has 0 fully saturated rings. The van der Waals surface area contributed by atoms with Crippen LogP contribution in [0.5, 0.6) is 5.75 Å². The van der Waals surface area contributed by atoms with Gasteiger partial charge in [0.05, 0.1) is 19.8 Å². The van der Waals surface area contributed by atoms with Crippen molar-refractivity contribution in [3.8, 4) is 5.75 Å². The molecule has 0 aliphatic heterocycles. The van der Waals surface area contributed by atoms with E-state index in [-0.39, 0.29) is 30.1 Å². The van der Waals surface area contributed by atoms with Crippen molar-refractivity contribution in [3.63, 3.8) is 0 Å². The lowest BCUT2D eigenvalue weighted by atomic mass is 10.1. The van der Waals surface area contributed by atoms with Gasteiger partial charge in [-0.15, -0.1) is 24.0 Å². The summed E-state index contributed by atoms with van der Waals surface area (Å²) in [5.41, 5.74) is 1.08. The standard InChI is InChI=1S/C20H35ClN4O2.HI/c1-6-22-20(24-15-18(27-7-2)11-13-25(3)4)23-12-10-16-8-9-17(26-5)14-19(16)21;/h8-9,14,18H,6-7,10-13,15H2,1-5H3,(H2,22,23,24);1H. The van der Waals surface area contributed by atoms with Gasteiger partial charge in [-0.1, -0.05) is 17.7 Å². The van der Waals surface area contributed by atoms with E-state index in [1.807, 2.05) is 25.1 Å². The van der Waals surface area contributed by atoms with E-state index in [1.165, 1.54) is 0 Å². The van der Waals surface area contributed by atoms with E-state index in [2.05, 4.69) is 41.5 Å². The van der Waals surface area contributed by atoms with Crippen LogP contribution in [0.2, 0.25) is 5.02 Å². The molecule has 0 aliphatic carbocycles. The zero-order valence-corrected chi connectivity index (χ0v) is 20.8. The number of rotatable bonds is 12. The van der Waals surface area contributed by atoms with Crippen LogP contribution >= 0.6 is 35.6 Å². The molecule has 1 aromatic carbocycles. The van der Waals surface area contributed by atoms with Gasteiger partial charge in [0.25, 0.3) is 0 Å². The molecule has 0 saturated heterocycles. The summed E-state index contributed by atoms with van der Waals surface area (Å²) in [5.74, 6) is 1.57. The molecule has 8 heteroatoms. The molecule has 0 bridgehead atoms. The number of methoxy groups -OCH3 is 1. The zero-order valence-electron chi connectivity index (χ0n) is 17.8. The van der Waals surface area contributed by atoms with Gasteiger partial charge in [-0.05, 0) is 58.5 Å². The first-order valence-corrected chi connectivity index (χ1v) is 9.98. The molecule has 1 aromatic rings.